The molecule has 1 amide bonds. The van der Waals surface area contributed by atoms with Crippen LogP contribution in [0.3, 0.4) is 0 Å². The van der Waals surface area contributed by atoms with Gasteiger partial charge in [-0.05, 0) is 12.5 Å². The molecule has 124 valence electrons. The third-order valence-electron chi connectivity index (χ3n) is 3.31. The van der Waals surface area contributed by atoms with Gasteiger partial charge in [0.05, 0.1) is 6.54 Å². The van der Waals surface area contributed by atoms with E-state index in [1.807, 2.05) is 4.57 Å². The first kappa shape index (κ1) is 17.4. The molecule has 0 saturated heterocycles. The smallest absolute Gasteiger partial charge is 0.253 e. The van der Waals surface area contributed by atoms with Crippen LogP contribution in [0.5, 0.6) is 0 Å². The summed E-state index contributed by atoms with van der Waals surface area (Å²) in [4.78, 5) is 12.1. The number of amides is 1. The molecule has 0 saturated carbocycles. The Kier molecular flexibility index (Phi) is 6.52. The zero-order chi connectivity index (χ0) is 16.7. The molecule has 2 rings (SSSR count). The van der Waals surface area contributed by atoms with Crippen molar-refractivity contribution in [1.82, 2.24) is 20.1 Å². The van der Waals surface area contributed by atoms with Crippen LogP contribution in [0.4, 0.5) is 0 Å². The summed E-state index contributed by atoms with van der Waals surface area (Å²) in [5.74, 6) is 0.0744. The number of aliphatic hydroxyl groups is 1. The highest BCUT2D eigenvalue weighted by Crippen LogP contribution is 2.22. The number of aryl methyl sites for hydroxylation is 1. The predicted molar refractivity (Wildman–Crippen MR) is 84.8 cm³/mol. The van der Waals surface area contributed by atoms with Crippen molar-refractivity contribution in [3.05, 3.63) is 47.0 Å². The lowest BCUT2D eigenvalue weighted by atomic mass is 10.1. The van der Waals surface area contributed by atoms with Crippen molar-refractivity contribution in [2.45, 2.75) is 25.6 Å². The fourth-order valence-electron chi connectivity index (χ4n) is 2.08. The maximum Gasteiger partial charge on any atom is 0.253 e. The molecule has 0 aliphatic carbocycles. The normalized spacial score (nSPS) is 12.1. The molecule has 2 aromatic rings. The SMILES string of the molecule is COCCCn1cnnc1CNC(=O)C(O)c1ccccc1Cl. The van der Waals surface area contributed by atoms with Crippen molar-refractivity contribution in [2.75, 3.05) is 13.7 Å². The predicted octanol–water partition coefficient (Wildman–Crippen LogP) is 1.32. The van der Waals surface area contributed by atoms with Gasteiger partial charge < -0.3 is 19.7 Å². The van der Waals surface area contributed by atoms with Crippen molar-refractivity contribution >= 4 is 17.5 Å². The minimum Gasteiger partial charge on any atom is -0.385 e. The van der Waals surface area contributed by atoms with Crippen LogP contribution in [-0.4, -0.2) is 39.5 Å². The van der Waals surface area contributed by atoms with Crippen LogP contribution in [0.25, 0.3) is 0 Å². The highest BCUT2D eigenvalue weighted by molar-refractivity contribution is 6.31. The summed E-state index contributed by atoms with van der Waals surface area (Å²) in [6, 6.07) is 6.68. The van der Waals surface area contributed by atoms with Crippen molar-refractivity contribution in [1.29, 1.82) is 0 Å². The minimum atomic E-state index is -1.33. The number of halogens is 1. The zero-order valence-electron chi connectivity index (χ0n) is 12.8. The monoisotopic (exact) mass is 338 g/mol. The van der Waals surface area contributed by atoms with E-state index in [0.29, 0.717) is 29.6 Å². The maximum atomic E-state index is 12.1. The summed E-state index contributed by atoms with van der Waals surface area (Å²) >= 11 is 5.98. The largest absolute Gasteiger partial charge is 0.385 e. The van der Waals surface area contributed by atoms with Crippen molar-refractivity contribution < 1.29 is 14.6 Å². The highest BCUT2D eigenvalue weighted by atomic mass is 35.5. The van der Waals surface area contributed by atoms with E-state index in [1.54, 1.807) is 37.7 Å². The number of benzene rings is 1. The molecule has 0 radical (unpaired) electrons. The van der Waals surface area contributed by atoms with Gasteiger partial charge in [0.2, 0.25) is 0 Å². The number of methoxy groups -OCH3 is 1. The van der Waals surface area contributed by atoms with E-state index in [2.05, 4.69) is 15.5 Å². The Hall–Kier alpha value is -1.96. The number of carbonyl (C=O) groups excluding carboxylic acids is 1. The first-order valence-corrected chi connectivity index (χ1v) is 7.57. The van der Waals surface area contributed by atoms with Crippen molar-refractivity contribution in [2.24, 2.45) is 0 Å². The third kappa shape index (κ3) is 4.75. The second-order valence-electron chi connectivity index (χ2n) is 4.93. The van der Waals surface area contributed by atoms with Gasteiger partial charge in [0.25, 0.3) is 5.91 Å². The van der Waals surface area contributed by atoms with Crippen LogP contribution in [-0.2, 0) is 22.6 Å². The topological polar surface area (TPSA) is 89.3 Å². The first-order valence-electron chi connectivity index (χ1n) is 7.19. The lowest BCUT2D eigenvalue weighted by Gasteiger charge is -2.13. The summed E-state index contributed by atoms with van der Waals surface area (Å²) in [5.41, 5.74) is 0.369. The van der Waals surface area contributed by atoms with Gasteiger partial charge in [0, 0.05) is 30.8 Å². The molecule has 0 spiro atoms. The number of hydrogen-bond donors (Lipinski definition) is 2. The van der Waals surface area contributed by atoms with Gasteiger partial charge in [-0.15, -0.1) is 10.2 Å². The van der Waals surface area contributed by atoms with E-state index in [9.17, 15) is 9.90 Å². The maximum absolute atomic E-state index is 12.1. The number of carbonyl (C=O) groups is 1. The van der Waals surface area contributed by atoms with Gasteiger partial charge in [-0.2, -0.15) is 0 Å². The molecule has 23 heavy (non-hydrogen) atoms. The fraction of sp³-hybridized carbons (Fsp3) is 0.400. The van der Waals surface area contributed by atoms with Crippen LogP contribution >= 0.6 is 11.6 Å². The Morgan fingerprint density at radius 1 is 1.48 bits per heavy atom. The van der Waals surface area contributed by atoms with Gasteiger partial charge in [-0.3, -0.25) is 4.79 Å². The molecule has 7 nitrogen and oxygen atoms in total. The van der Waals surface area contributed by atoms with E-state index in [0.717, 1.165) is 6.42 Å². The van der Waals surface area contributed by atoms with Crippen LogP contribution in [0.2, 0.25) is 5.02 Å². The van der Waals surface area contributed by atoms with E-state index in [-0.39, 0.29) is 6.54 Å². The van der Waals surface area contributed by atoms with Gasteiger partial charge in [0.15, 0.2) is 11.9 Å². The van der Waals surface area contributed by atoms with Gasteiger partial charge in [-0.1, -0.05) is 29.8 Å². The average molecular weight is 339 g/mol. The highest BCUT2D eigenvalue weighted by Gasteiger charge is 2.20. The lowest BCUT2D eigenvalue weighted by Crippen LogP contribution is -2.30. The fourth-order valence-corrected chi connectivity index (χ4v) is 2.32. The summed E-state index contributed by atoms with van der Waals surface area (Å²) in [6.45, 7) is 1.50. The van der Waals surface area contributed by atoms with E-state index in [1.165, 1.54) is 0 Å². The van der Waals surface area contributed by atoms with Crippen molar-refractivity contribution in [3.63, 3.8) is 0 Å². The molecular weight excluding hydrogens is 320 g/mol. The van der Waals surface area contributed by atoms with Crippen molar-refractivity contribution in [3.8, 4) is 0 Å². The third-order valence-corrected chi connectivity index (χ3v) is 3.66. The van der Waals surface area contributed by atoms with Crippen LogP contribution in [0.1, 0.15) is 23.9 Å². The van der Waals surface area contributed by atoms with E-state index in [4.69, 9.17) is 16.3 Å². The number of aromatic nitrogens is 3. The van der Waals surface area contributed by atoms with E-state index >= 15 is 0 Å². The number of hydrogen-bond acceptors (Lipinski definition) is 5. The Balaban J connectivity index is 1.92. The van der Waals surface area contributed by atoms with E-state index < -0.39 is 12.0 Å². The number of rotatable bonds is 8. The number of ether oxygens (including phenoxy) is 1. The molecular formula is C15H19ClN4O3. The molecule has 1 aromatic carbocycles. The second kappa shape index (κ2) is 8.61. The summed E-state index contributed by atoms with van der Waals surface area (Å²) in [5, 5.41) is 20.9. The quantitative estimate of drug-likeness (QED) is 0.708. The Morgan fingerprint density at radius 3 is 3.00 bits per heavy atom. The molecule has 1 heterocycles. The van der Waals surface area contributed by atoms with Gasteiger partial charge in [-0.25, -0.2) is 0 Å². The Labute approximate surface area is 139 Å². The van der Waals surface area contributed by atoms with Gasteiger partial charge >= 0.3 is 0 Å². The molecule has 8 heteroatoms. The molecule has 0 bridgehead atoms. The molecule has 1 atom stereocenters. The molecule has 0 aliphatic rings. The molecule has 0 fully saturated rings. The zero-order valence-corrected chi connectivity index (χ0v) is 13.5. The molecule has 1 aromatic heterocycles. The lowest BCUT2D eigenvalue weighted by molar-refractivity contribution is -0.129. The van der Waals surface area contributed by atoms with Crippen LogP contribution in [0.15, 0.2) is 30.6 Å². The van der Waals surface area contributed by atoms with Crippen LogP contribution < -0.4 is 5.32 Å². The number of nitrogens with one attached hydrogen (secondary N) is 1. The summed E-state index contributed by atoms with van der Waals surface area (Å²) in [6.07, 6.45) is 1.09. The summed E-state index contributed by atoms with van der Waals surface area (Å²) < 4.78 is 6.83. The molecule has 2 N–H and O–H groups in total. The summed E-state index contributed by atoms with van der Waals surface area (Å²) in [7, 11) is 1.64. The Bertz CT molecular complexity index is 647. The molecule has 0 aliphatic heterocycles. The number of nitrogens with zero attached hydrogens (tertiary/aromatic N) is 3. The second-order valence-corrected chi connectivity index (χ2v) is 5.34. The molecule has 1 unspecified atom stereocenters. The van der Waals surface area contributed by atoms with Gasteiger partial charge in [0.1, 0.15) is 6.33 Å². The van der Waals surface area contributed by atoms with Crippen LogP contribution in [0, 0.1) is 0 Å². The minimum absolute atomic E-state index is 0.174. The average Bonchev–Trinajstić information content (AvgIpc) is 3.00. The number of aliphatic hydroxyl groups excluding tert-OH is 1. The first-order chi connectivity index (χ1) is 11.1. The Morgan fingerprint density at radius 2 is 2.26 bits per heavy atom. The standard InChI is InChI=1S/C15H19ClN4O3/c1-23-8-4-7-20-10-18-19-13(20)9-17-15(22)14(21)11-5-2-3-6-12(11)16/h2-3,5-6,10,14,21H,4,7-9H2,1H3,(H,17,22).